The molecule has 0 radical (unpaired) electrons. The predicted molar refractivity (Wildman–Crippen MR) is 55.9 cm³/mol. The van der Waals surface area contributed by atoms with Gasteiger partial charge in [0.15, 0.2) is 0 Å². The Morgan fingerprint density at radius 3 is 1.31 bits per heavy atom. The van der Waals surface area contributed by atoms with Crippen LogP contribution >= 0.6 is 0 Å². The van der Waals surface area contributed by atoms with Gasteiger partial charge in [-0.25, -0.2) is 0 Å². The van der Waals surface area contributed by atoms with E-state index in [1.807, 2.05) is 0 Å². The minimum Gasteiger partial charge on any atom is -0.394 e. The molecule has 0 aromatic rings. The molecule has 0 saturated carbocycles. The average Bonchev–Trinajstić information content (AvgIpc) is 2.25. The molecular weight excluding hydrogens is 220 g/mol. The van der Waals surface area contributed by atoms with Gasteiger partial charge < -0.3 is 42.1 Å². The number of aliphatic hydroxyl groups excluding tert-OH is 3. The van der Waals surface area contributed by atoms with Gasteiger partial charge in [0.05, 0.1) is 25.4 Å². The van der Waals surface area contributed by atoms with E-state index in [0.717, 1.165) is 0 Å². The fraction of sp³-hybridized carbons (Fsp3) is 1.00. The molecule has 0 aromatic heterocycles. The zero-order chi connectivity index (χ0) is 13.2. The first-order chi connectivity index (χ1) is 7.24. The molecule has 0 spiro atoms. The van der Waals surface area contributed by atoms with Gasteiger partial charge in [-0.3, -0.25) is 0 Å². The molecule has 0 aromatic carbocycles. The third-order valence-corrected chi connectivity index (χ3v) is 1.66. The van der Waals surface area contributed by atoms with Crippen LogP contribution in [-0.2, 0) is 0 Å². The maximum Gasteiger partial charge on any atom is 0.275 e. The predicted octanol–water partition coefficient (Wildman–Crippen LogP) is -3.98. The van der Waals surface area contributed by atoms with Gasteiger partial charge in [-0.15, -0.1) is 0 Å². The maximum absolute atomic E-state index is 8.34. The summed E-state index contributed by atoms with van der Waals surface area (Å²) >= 11 is 0. The van der Waals surface area contributed by atoms with Crippen LogP contribution in [-0.4, -0.2) is 68.5 Å². The maximum atomic E-state index is 8.34. The van der Waals surface area contributed by atoms with E-state index in [0.29, 0.717) is 13.0 Å². The van der Waals surface area contributed by atoms with E-state index in [2.05, 4.69) is 0 Å². The molecule has 0 saturated heterocycles. The molecule has 0 aliphatic heterocycles. The summed E-state index contributed by atoms with van der Waals surface area (Å²) in [6.45, 7) is -0.858. The summed E-state index contributed by atoms with van der Waals surface area (Å²) in [6, 6.07) is 0. The number of hydrogen-bond donors (Lipinski definition) is 8. The van der Waals surface area contributed by atoms with E-state index in [9.17, 15) is 0 Å². The number of nitrogens with two attached hydrogens (primary N) is 2. The molecule has 8 nitrogen and oxygen atoms in total. The summed E-state index contributed by atoms with van der Waals surface area (Å²) in [6.07, 6.45) is 0.312. The molecule has 0 rings (SSSR count). The molecule has 0 bridgehead atoms. The van der Waals surface area contributed by atoms with Crippen LogP contribution in [0, 0.1) is 0 Å². The van der Waals surface area contributed by atoms with Gasteiger partial charge in [0.2, 0.25) is 0 Å². The van der Waals surface area contributed by atoms with E-state index in [1.165, 1.54) is 0 Å². The van der Waals surface area contributed by atoms with Crippen molar-refractivity contribution in [3.05, 3.63) is 0 Å². The van der Waals surface area contributed by atoms with Gasteiger partial charge in [0.25, 0.3) is 5.97 Å². The lowest BCUT2D eigenvalue weighted by molar-refractivity contribution is -0.314. The number of aliphatic hydroxyl groups is 6. The second kappa shape index (κ2) is 8.79. The van der Waals surface area contributed by atoms with Crippen LogP contribution in [0.3, 0.4) is 0 Å². The zero-order valence-electron chi connectivity index (χ0n) is 9.08. The Hall–Kier alpha value is -0.320. The molecular formula is C8H22N2O6. The first-order valence-electron chi connectivity index (χ1n) is 4.73. The highest BCUT2D eigenvalue weighted by Crippen LogP contribution is 2.01. The third kappa shape index (κ3) is 11.8. The van der Waals surface area contributed by atoms with Crippen molar-refractivity contribution in [2.75, 3.05) is 26.4 Å². The number of rotatable bonds is 6. The lowest BCUT2D eigenvalue weighted by Crippen LogP contribution is -2.50. The van der Waals surface area contributed by atoms with Crippen molar-refractivity contribution >= 4 is 0 Å². The topological polar surface area (TPSA) is 173 Å². The number of hydrogen-bond acceptors (Lipinski definition) is 8. The monoisotopic (exact) mass is 242 g/mol. The van der Waals surface area contributed by atoms with Gasteiger partial charge >= 0.3 is 0 Å². The van der Waals surface area contributed by atoms with Crippen LogP contribution in [0.15, 0.2) is 0 Å². The normalized spacial score (nSPS) is 12.0. The van der Waals surface area contributed by atoms with Crippen LogP contribution in [0.5, 0.6) is 0 Å². The van der Waals surface area contributed by atoms with Gasteiger partial charge in [-0.1, -0.05) is 0 Å². The van der Waals surface area contributed by atoms with E-state index in [1.54, 1.807) is 0 Å². The summed E-state index contributed by atoms with van der Waals surface area (Å²) in [5.74, 6) is -2.53. The van der Waals surface area contributed by atoms with Crippen molar-refractivity contribution in [1.29, 1.82) is 0 Å². The summed E-state index contributed by atoms with van der Waals surface area (Å²) < 4.78 is 0. The van der Waals surface area contributed by atoms with Crippen molar-refractivity contribution in [2.45, 2.75) is 24.4 Å². The molecule has 16 heavy (non-hydrogen) atoms. The highest BCUT2D eigenvalue weighted by molar-refractivity contribution is 4.80. The molecule has 8 heteroatoms. The lowest BCUT2D eigenvalue weighted by Gasteiger charge is -2.20. The largest absolute Gasteiger partial charge is 0.394 e. The molecule has 0 atom stereocenters. The van der Waals surface area contributed by atoms with Gasteiger partial charge in [0, 0.05) is 6.42 Å². The summed E-state index contributed by atoms with van der Waals surface area (Å²) in [5.41, 5.74) is 8.94. The fourth-order valence-corrected chi connectivity index (χ4v) is 0.489. The van der Waals surface area contributed by atoms with E-state index in [4.69, 9.17) is 42.1 Å². The Labute approximate surface area is 93.7 Å². The average molecular weight is 242 g/mol. The van der Waals surface area contributed by atoms with Crippen molar-refractivity contribution in [3.63, 3.8) is 0 Å². The zero-order valence-corrected chi connectivity index (χ0v) is 9.08. The standard InChI is InChI=1S/2C4H11NO3/c5-4(1-6,2-7)3-8;5-3-1-2-4(6,7)8/h2*6-8H,1-3,5H2. The van der Waals surface area contributed by atoms with Crippen molar-refractivity contribution in [1.82, 2.24) is 0 Å². The Kier molecular flexibility index (Phi) is 9.92. The summed E-state index contributed by atoms with van der Waals surface area (Å²) in [7, 11) is 0. The Morgan fingerprint density at radius 2 is 1.25 bits per heavy atom. The first-order valence-corrected chi connectivity index (χ1v) is 4.73. The second-order valence-corrected chi connectivity index (χ2v) is 3.50. The Morgan fingerprint density at radius 1 is 0.875 bits per heavy atom. The molecule has 0 aliphatic rings. The van der Waals surface area contributed by atoms with Gasteiger partial charge in [-0.05, 0) is 13.0 Å². The van der Waals surface area contributed by atoms with Gasteiger partial charge in [-0.2, -0.15) is 0 Å². The van der Waals surface area contributed by atoms with Gasteiger partial charge in [0.1, 0.15) is 0 Å². The third-order valence-electron chi connectivity index (χ3n) is 1.66. The summed E-state index contributed by atoms with van der Waals surface area (Å²) in [5, 5.41) is 49.6. The molecule has 0 fully saturated rings. The van der Waals surface area contributed by atoms with E-state index < -0.39 is 31.3 Å². The lowest BCUT2D eigenvalue weighted by atomic mass is 10.1. The van der Waals surface area contributed by atoms with Crippen LogP contribution < -0.4 is 11.5 Å². The SMILES string of the molecule is NC(CO)(CO)CO.NCCCC(O)(O)O. The Balaban J connectivity index is 0. The van der Waals surface area contributed by atoms with Crippen molar-refractivity contribution in [2.24, 2.45) is 11.5 Å². The Bertz CT molecular complexity index is 149. The van der Waals surface area contributed by atoms with E-state index >= 15 is 0 Å². The highest BCUT2D eigenvalue weighted by Gasteiger charge is 2.20. The quantitative estimate of drug-likeness (QED) is 0.218. The van der Waals surface area contributed by atoms with E-state index in [-0.39, 0.29) is 6.42 Å². The van der Waals surface area contributed by atoms with Crippen LogP contribution in [0.1, 0.15) is 12.8 Å². The van der Waals surface area contributed by atoms with Crippen LogP contribution in [0.4, 0.5) is 0 Å². The van der Waals surface area contributed by atoms with Crippen LogP contribution in [0.25, 0.3) is 0 Å². The van der Waals surface area contributed by atoms with Crippen molar-refractivity contribution < 1.29 is 30.6 Å². The summed E-state index contributed by atoms with van der Waals surface area (Å²) in [4.78, 5) is 0. The highest BCUT2D eigenvalue weighted by atomic mass is 16.7. The minimum atomic E-state index is -2.53. The van der Waals surface area contributed by atoms with Crippen molar-refractivity contribution in [3.8, 4) is 0 Å². The molecule has 0 amide bonds. The molecule has 0 aliphatic carbocycles. The first kappa shape index (κ1) is 18.1. The second-order valence-electron chi connectivity index (χ2n) is 3.50. The fourth-order valence-electron chi connectivity index (χ4n) is 0.489. The molecule has 0 heterocycles. The molecule has 100 valence electrons. The molecule has 0 unspecified atom stereocenters. The molecule has 10 N–H and O–H groups in total. The minimum absolute atomic E-state index is 0.0938. The van der Waals surface area contributed by atoms with Crippen LogP contribution in [0.2, 0.25) is 0 Å². The smallest absolute Gasteiger partial charge is 0.275 e.